The quantitative estimate of drug-likeness (QED) is 0.453. The molecule has 1 aromatic carbocycles. The van der Waals surface area contributed by atoms with Crippen molar-refractivity contribution in [1.29, 1.82) is 0 Å². The minimum absolute atomic E-state index is 0.0443. The molecule has 1 unspecified atom stereocenters. The van der Waals surface area contributed by atoms with Gasteiger partial charge in [-0.05, 0) is 42.6 Å². The first-order chi connectivity index (χ1) is 17.4. The fourth-order valence-electron chi connectivity index (χ4n) is 4.18. The van der Waals surface area contributed by atoms with Crippen LogP contribution in [0.2, 0.25) is 23.2 Å². The number of halogens is 1. The van der Waals surface area contributed by atoms with Gasteiger partial charge in [-0.15, -0.1) is 0 Å². The van der Waals surface area contributed by atoms with E-state index in [2.05, 4.69) is 49.1 Å². The molecule has 4 rings (SSSR count). The first kappa shape index (κ1) is 27.5. The van der Waals surface area contributed by atoms with Gasteiger partial charge in [0, 0.05) is 36.9 Å². The zero-order valence-electron chi connectivity index (χ0n) is 22.0. The zero-order valence-corrected chi connectivity index (χ0v) is 23.8. The summed E-state index contributed by atoms with van der Waals surface area (Å²) in [4.78, 5) is 35.9. The summed E-state index contributed by atoms with van der Waals surface area (Å²) in [5.74, 6) is -0.954. The molecule has 37 heavy (non-hydrogen) atoms. The Morgan fingerprint density at radius 1 is 1.32 bits per heavy atom. The molecule has 1 saturated heterocycles. The Kier molecular flexibility index (Phi) is 7.94. The number of carboxylic acids is 1. The van der Waals surface area contributed by atoms with Crippen LogP contribution in [0.1, 0.15) is 49.5 Å². The standard InChI is InChI=1S/C26H35ClN4O5Si/c1-26(2,3)37(4,5)36-15-21(24(33)34)31-14-17-7-6-16(12-19(17)23(31)32)22-20(27)13-28-25(30-22)29-18-8-10-35-11-9-18/h6-7,12-13,18,21H,8-11,14-15H2,1-5H3,(H,33,34)(H,28,29,30). The second-order valence-corrected chi connectivity index (χ2v) is 16.4. The summed E-state index contributed by atoms with van der Waals surface area (Å²) >= 11 is 6.44. The highest BCUT2D eigenvalue weighted by atomic mass is 35.5. The van der Waals surface area contributed by atoms with Gasteiger partial charge in [0.25, 0.3) is 5.91 Å². The number of hydrogen-bond acceptors (Lipinski definition) is 7. The van der Waals surface area contributed by atoms with Crippen LogP contribution in [-0.2, 0) is 20.5 Å². The number of amides is 1. The lowest BCUT2D eigenvalue weighted by Crippen LogP contribution is -2.49. The van der Waals surface area contributed by atoms with Gasteiger partial charge in [0.05, 0.1) is 23.5 Å². The van der Waals surface area contributed by atoms with Crippen molar-refractivity contribution in [2.24, 2.45) is 0 Å². The molecule has 1 atom stereocenters. The fraction of sp³-hybridized carbons (Fsp3) is 0.538. The van der Waals surface area contributed by atoms with E-state index < -0.39 is 20.3 Å². The highest BCUT2D eigenvalue weighted by molar-refractivity contribution is 6.74. The normalized spacial score (nSPS) is 17.6. The van der Waals surface area contributed by atoms with Gasteiger partial charge < -0.3 is 24.5 Å². The minimum Gasteiger partial charge on any atom is -0.480 e. The maximum Gasteiger partial charge on any atom is 0.328 e. The fourth-order valence-corrected chi connectivity index (χ4v) is 5.39. The third kappa shape index (κ3) is 5.98. The number of nitrogens with zero attached hydrogens (tertiary/aromatic N) is 3. The zero-order chi connectivity index (χ0) is 27.0. The topological polar surface area (TPSA) is 114 Å². The summed E-state index contributed by atoms with van der Waals surface area (Å²) in [6.45, 7) is 12.0. The smallest absolute Gasteiger partial charge is 0.328 e. The van der Waals surface area contributed by atoms with Crippen molar-refractivity contribution in [3.63, 3.8) is 0 Å². The lowest BCUT2D eigenvalue weighted by atomic mass is 10.0. The number of aliphatic carboxylic acids is 1. The van der Waals surface area contributed by atoms with Crippen molar-refractivity contribution in [1.82, 2.24) is 14.9 Å². The Hall–Kier alpha value is -2.53. The molecule has 2 N–H and O–H groups in total. The molecular weight excluding hydrogens is 512 g/mol. The molecule has 0 saturated carbocycles. The lowest BCUT2D eigenvalue weighted by Gasteiger charge is -2.37. The molecule has 2 aliphatic rings. The number of ether oxygens (including phenoxy) is 1. The van der Waals surface area contributed by atoms with Crippen molar-refractivity contribution in [3.8, 4) is 11.3 Å². The highest BCUT2D eigenvalue weighted by Gasteiger charge is 2.41. The second-order valence-electron chi connectivity index (χ2n) is 11.2. The van der Waals surface area contributed by atoms with Gasteiger partial charge in [-0.25, -0.2) is 14.8 Å². The van der Waals surface area contributed by atoms with Gasteiger partial charge >= 0.3 is 5.97 Å². The molecule has 0 aliphatic carbocycles. The van der Waals surface area contributed by atoms with Crippen molar-refractivity contribution >= 4 is 37.7 Å². The number of carbonyl (C=O) groups excluding carboxylic acids is 1. The third-order valence-electron chi connectivity index (χ3n) is 7.58. The van der Waals surface area contributed by atoms with E-state index in [9.17, 15) is 14.7 Å². The number of carboxylic acid groups (broad SMARTS) is 1. The minimum atomic E-state index is -2.19. The number of anilines is 1. The summed E-state index contributed by atoms with van der Waals surface area (Å²) in [7, 11) is -2.19. The van der Waals surface area contributed by atoms with Crippen LogP contribution in [0.3, 0.4) is 0 Å². The third-order valence-corrected chi connectivity index (χ3v) is 12.4. The van der Waals surface area contributed by atoms with E-state index >= 15 is 0 Å². The first-order valence-corrected chi connectivity index (χ1v) is 15.8. The number of aromatic nitrogens is 2. The molecule has 2 aromatic rings. The van der Waals surface area contributed by atoms with E-state index in [1.807, 2.05) is 12.1 Å². The molecule has 1 fully saturated rings. The number of nitrogens with one attached hydrogen (secondary N) is 1. The van der Waals surface area contributed by atoms with Crippen LogP contribution in [0.5, 0.6) is 0 Å². The van der Waals surface area contributed by atoms with E-state index in [1.54, 1.807) is 12.3 Å². The van der Waals surface area contributed by atoms with Gasteiger partial charge in [0.1, 0.15) is 0 Å². The first-order valence-electron chi connectivity index (χ1n) is 12.6. The van der Waals surface area contributed by atoms with Gasteiger partial charge in [0.15, 0.2) is 14.4 Å². The summed E-state index contributed by atoms with van der Waals surface area (Å²) in [6, 6.07) is 4.57. The number of fused-ring (bicyclic) bond motifs is 1. The maximum absolute atomic E-state index is 13.4. The average Bonchev–Trinajstić information content (AvgIpc) is 3.15. The predicted octanol–water partition coefficient (Wildman–Crippen LogP) is 4.82. The molecule has 0 radical (unpaired) electrons. The Morgan fingerprint density at radius 2 is 2.03 bits per heavy atom. The van der Waals surface area contributed by atoms with Gasteiger partial charge in [-0.1, -0.05) is 44.5 Å². The average molecular weight is 547 g/mol. The molecule has 200 valence electrons. The van der Waals surface area contributed by atoms with Crippen molar-refractivity contribution in [3.05, 3.63) is 40.5 Å². The summed E-state index contributed by atoms with van der Waals surface area (Å²) < 4.78 is 11.6. The van der Waals surface area contributed by atoms with E-state index in [0.717, 1.165) is 18.4 Å². The van der Waals surface area contributed by atoms with Gasteiger partial charge in [0.2, 0.25) is 5.95 Å². The van der Waals surface area contributed by atoms with Crippen molar-refractivity contribution in [2.45, 2.75) is 70.4 Å². The summed E-state index contributed by atoms with van der Waals surface area (Å²) in [6.07, 6.45) is 3.29. The van der Waals surface area contributed by atoms with E-state index in [4.69, 9.17) is 20.8 Å². The molecule has 11 heteroatoms. The Bertz CT molecular complexity index is 1180. The van der Waals surface area contributed by atoms with Gasteiger partial charge in [-0.2, -0.15) is 0 Å². The Labute approximate surface area is 223 Å². The summed E-state index contributed by atoms with van der Waals surface area (Å²) in [5.41, 5.74) is 2.39. The number of carbonyl (C=O) groups is 2. The molecule has 3 heterocycles. The molecule has 9 nitrogen and oxygen atoms in total. The second kappa shape index (κ2) is 10.7. The van der Waals surface area contributed by atoms with Crippen LogP contribution in [0.4, 0.5) is 5.95 Å². The summed E-state index contributed by atoms with van der Waals surface area (Å²) in [5, 5.41) is 13.6. The molecule has 2 aliphatic heterocycles. The molecular formula is C26H35ClN4O5Si. The number of rotatable bonds is 8. The molecule has 0 spiro atoms. The lowest BCUT2D eigenvalue weighted by molar-refractivity contribution is -0.143. The monoisotopic (exact) mass is 546 g/mol. The number of hydrogen-bond donors (Lipinski definition) is 2. The SMILES string of the molecule is CC(C)(C)[Si](C)(C)OCC(C(=O)O)N1Cc2ccc(-c3nc(NC4CCOCC4)ncc3Cl)cc2C1=O. The Balaban J connectivity index is 1.54. The van der Waals surface area contributed by atoms with E-state index in [0.29, 0.717) is 41.0 Å². The molecule has 1 amide bonds. The van der Waals surface area contributed by atoms with Crippen LogP contribution in [0.15, 0.2) is 24.4 Å². The van der Waals surface area contributed by atoms with E-state index in [1.165, 1.54) is 4.90 Å². The Morgan fingerprint density at radius 3 is 2.68 bits per heavy atom. The van der Waals surface area contributed by atoms with Crippen LogP contribution in [0, 0.1) is 0 Å². The highest BCUT2D eigenvalue weighted by Crippen LogP contribution is 2.37. The van der Waals surface area contributed by atoms with Crippen LogP contribution in [-0.4, -0.2) is 72.1 Å². The molecule has 0 bridgehead atoms. The van der Waals surface area contributed by atoms with Crippen LogP contribution in [0.25, 0.3) is 11.3 Å². The maximum atomic E-state index is 13.4. The largest absolute Gasteiger partial charge is 0.480 e. The van der Waals surface area contributed by atoms with Crippen molar-refractivity contribution in [2.75, 3.05) is 25.1 Å². The van der Waals surface area contributed by atoms with Crippen LogP contribution < -0.4 is 5.32 Å². The van der Waals surface area contributed by atoms with E-state index in [-0.39, 0.29) is 30.1 Å². The molecule has 1 aromatic heterocycles. The number of benzene rings is 1. The predicted molar refractivity (Wildman–Crippen MR) is 144 cm³/mol. The van der Waals surface area contributed by atoms with Gasteiger partial charge in [-0.3, -0.25) is 4.79 Å². The van der Waals surface area contributed by atoms with Crippen LogP contribution >= 0.6 is 11.6 Å². The van der Waals surface area contributed by atoms with Crippen molar-refractivity contribution < 1.29 is 23.9 Å².